The van der Waals surface area contributed by atoms with Gasteiger partial charge in [-0.1, -0.05) is 11.2 Å². The third-order valence-corrected chi connectivity index (χ3v) is 2.42. The zero-order chi connectivity index (χ0) is 14.4. The van der Waals surface area contributed by atoms with Crippen molar-refractivity contribution in [3.8, 4) is 5.88 Å². The molecule has 2 rings (SSSR count). The molecule has 0 saturated carbocycles. The van der Waals surface area contributed by atoms with E-state index in [1.807, 2.05) is 0 Å². The number of pyridine rings is 2. The van der Waals surface area contributed by atoms with Crippen molar-refractivity contribution in [3.63, 3.8) is 0 Å². The maximum atomic E-state index is 10.9. The lowest BCUT2D eigenvalue weighted by Crippen LogP contribution is -2.16. The van der Waals surface area contributed by atoms with E-state index in [0.717, 1.165) is 0 Å². The van der Waals surface area contributed by atoms with Gasteiger partial charge in [-0.3, -0.25) is 4.98 Å². The van der Waals surface area contributed by atoms with Gasteiger partial charge in [0.1, 0.15) is 12.3 Å². The van der Waals surface area contributed by atoms with Crippen molar-refractivity contribution in [2.75, 3.05) is 6.61 Å². The molecule has 0 spiro atoms. The Kier molecular flexibility index (Phi) is 4.23. The molecule has 2 aromatic heterocycles. The minimum absolute atomic E-state index is 0.0500. The van der Waals surface area contributed by atoms with Crippen molar-refractivity contribution in [2.24, 2.45) is 5.16 Å². The van der Waals surface area contributed by atoms with E-state index in [2.05, 4.69) is 15.1 Å². The number of ether oxygens (including phenoxy) is 1. The zero-order valence-electron chi connectivity index (χ0n) is 10.3. The second-order valence-electron chi connectivity index (χ2n) is 3.74. The number of carbonyl (C=O) groups is 1. The zero-order valence-corrected chi connectivity index (χ0v) is 10.3. The summed E-state index contributed by atoms with van der Waals surface area (Å²) < 4.78 is 5.32. The molecule has 0 fully saturated rings. The van der Waals surface area contributed by atoms with Crippen LogP contribution in [0.5, 0.6) is 5.88 Å². The minimum Gasteiger partial charge on any atom is -0.478 e. The Morgan fingerprint density at radius 2 is 2.10 bits per heavy atom. The van der Waals surface area contributed by atoms with Gasteiger partial charge in [0.2, 0.25) is 5.88 Å². The van der Waals surface area contributed by atoms with E-state index in [1.54, 1.807) is 24.4 Å². The van der Waals surface area contributed by atoms with Crippen LogP contribution in [0, 0.1) is 0 Å². The van der Waals surface area contributed by atoms with Crippen molar-refractivity contribution in [2.45, 2.75) is 0 Å². The van der Waals surface area contributed by atoms with Crippen LogP contribution in [0.4, 0.5) is 0 Å². The molecule has 0 atom stereocenters. The SMILES string of the molecule is O=C(O)c1ccnc(/C(COc2ccccn2)=N/O)c1. The van der Waals surface area contributed by atoms with E-state index < -0.39 is 5.97 Å². The molecule has 7 nitrogen and oxygen atoms in total. The molecular weight excluding hydrogens is 262 g/mol. The van der Waals surface area contributed by atoms with Gasteiger partial charge in [-0.05, 0) is 18.2 Å². The molecule has 0 aliphatic carbocycles. The van der Waals surface area contributed by atoms with E-state index in [4.69, 9.17) is 15.1 Å². The molecule has 0 amide bonds. The van der Waals surface area contributed by atoms with Crippen molar-refractivity contribution in [1.82, 2.24) is 9.97 Å². The van der Waals surface area contributed by atoms with Gasteiger partial charge in [0.05, 0.1) is 11.3 Å². The fourth-order valence-electron chi connectivity index (χ4n) is 1.45. The van der Waals surface area contributed by atoms with E-state index >= 15 is 0 Å². The molecule has 0 aliphatic rings. The summed E-state index contributed by atoms with van der Waals surface area (Å²) in [7, 11) is 0. The van der Waals surface area contributed by atoms with Gasteiger partial charge in [0.15, 0.2) is 0 Å². The van der Waals surface area contributed by atoms with Crippen molar-refractivity contribution in [1.29, 1.82) is 0 Å². The molecule has 20 heavy (non-hydrogen) atoms. The average molecular weight is 273 g/mol. The van der Waals surface area contributed by atoms with Gasteiger partial charge in [-0.25, -0.2) is 9.78 Å². The Labute approximate surface area is 114 Å². The summed E-state index contributed by atoms with van der Waals surface area (Å²) in [6.45, 7) is -0.0798. The molecule has 7 heteroatoms. The van der Waals surface area contributed by atoms with Gasteiger partial charge < -0.3 is 15.1 Å². The first-order valence-corrected chi connectivity index (χ1v) is 5.65. The Morgan fingerprint density at radius 1 is 1.25 bits per heavy atom. The average Bonchev–Trinajstić information content (AvgIpc) is 2.49. The van der Waals surface area contributed by atoms with Gasteiger partial charge >= 0.3 is 5.97 Å². The standard InChI is InChI=1S/C13H11N3O4/c17-13(18)9-4-6-14-10(7-9)11(16-19)8-20-12-3-1-2-5-15-12/h1-7,19H,8H2,(H,17,18)/b16-11+. The number of hydrogen-bond acceptors (Lipinski definition) is 6. The van der Waals surface area contributed by atoms with Crippen molar-refractivity contribution >= 4 is 11.7 Å². The topological polar surface area (TPSA) is 105 Å². The van der Waals surface area contributed by atoms with Crippen molar-refractivity contribution in [3.05, 3.63) is 54.0 Å². The molecule has 0 radical (unpaired) electrons. The summed E-state index contributed by atoms with van der Waals surface area (Å²) in [6.07, 6.45) is 2.89. The third-order valence-electron chi connectivity index (χ3n) is 2.42. The van der Waals surface area contributed by atoms with Crippen LogP contribution in [-0.4, -0.2) is 38.6 Å². The van der Waals surface area contributed by atoms with E-state index in [0.29, 0.717) is 5.88 Å². The maximum absolute atomic E-state index is 10.9. The quantitative estimate of drug-likeness (QED) is 0.485. The maximum Gasteiger partial charge on any atom is 0.335 e. The number of hydrogen-bond donors (Lipinski definition) is 2. The summed E-state index contributed by atoms with van der Waals surface area (Å²) in [4.78, 5) is 18.8. The largest absolute Gasteiger partial charge is 0.478 e. The van der Waals surface area contributed by atoms with Gasteiger partial charge in [0.25, 0.3) is 0 Å². The smallest absolute Gasteiger partial charge is 0.335 e. The molecule has 0 bridgehead atoms. The van der Waals surface area contributed by atoms with Gasteiger partial charge in [-0.2, -0.15) is 0 Å². The molecule has 2 heterocycles. The first-order valence-electron chi connectivity index (χ1n) is 5.65. The second-order valence-corrected chi connectivity index (χ2v) is 3.74. The Morgan fingerprint density at radius 3 is 2.75 bits per heavy atom. The second kappa shape index (κ2) is 6.28. The molecule has 2 N–H and O–H groups in total. The summed E-state index contributed by atoms with van der Waals surface area (Å²) in [5.74, 6) is -0.723. The summed E-state index contributed by atoms with van der Waals surface area (Å²) >= 11 is 0. The summed E-state index contributed by atoms with van der Waals surface area (Å²) in [5, 5.41) is 21.0. The number of carboxylic acid groups (broad SMARTS) is 1. The van der Waals surface area contributed by atoms with Crippen LogP contribution < -0.4 is 4.74 Å². The number of oxime groups is 1. The fraction of sp³-hybridized carbons (Fsp3) is 0.0769. The predicted molar refractivity (Wildman–Crippen MR) is 69.3 cm³/mol. The fourth-order valence-corrected chi connectivity index (χ4v) is 1.45. The number of rotatable bonds is 5. The number of nitrogens with zero attached hydrogens (tertiary/aromatic N) is 3. The number of aromatic nitrogens is 2. The lowest BCUT2D eigenvalue weighted by atomic mass is 10.2. The summed E-state index contributed by atoms with van der Waals surface area (Å²) in [6, 6.07) is 7.79. The highest BCUT2D eigenvalue weighted by Crippen LogP contribution is 2.07. The lowest BCUT2D eigenvalue weighted by molar-refractivity contribution is 0.0696. The van der Waals surface area contributed by atoms with Crippen molar-refractivity contribution < 1.29 is 19.8 Å². The van der Waals surface area contributed by atoms with Crippen LogP contribution in [-0.2, 0) is 0 Å². The number of aromatic carboxylic acids is 1. The highest BCUT2D eigenvalue weighted by Gasteiger charge is 2.11. The van der Waals surface area contributed by atoms with Crippen LogP contribution in [0.25, 0.3) is 0 Å². The van der Waals surface area contributed by atoms with Crippen LogP contribution >= 0.6 is 0 Å². The molecule has 0 unspecified atom stereocenters. The van der Waals surface area contributed by atoms with Crippen LogP contribution in [0.2, 0.25) is 0 Å². The summed E-state index contributed by atoms with van der Waals surface area (Å²) in [5.41, 5.74) is 0.385. The highest BCUT2D eigenvalue weighted by atomic mass is 16.5. The molecule has 102 valence electrons. The molecule has 2 aromatic rings. The normalized spacial score (nSPS) is 11.1. The monoisotopic (exact) mass is 273 g/mol. The van der Waals surface area contributed by atoms with Gasteiger partial charge in [-0.15, -0.1) is 0 Å². The van der Waals surface area contributed by atoms with E-state index in [-0.39, 0.29) is 23.6 Å². The van der Waals surface area contributed by atoms with Crippen LogP contribution in [0.1, 0.15) is 16.1 Å². The Hall–Kier alpha value is -2.96. The number of carboxylic acids is 1. The lowest BCUT2D eigenvalue weighted by Gasteiger charge is -2.06. The molecule has 0 aliphatic heterocycles. The van der Waals surface area contributed by atoms with E-state index in [9.17, 15) is 4.79 Å². The van der Waals surface area contributed by atoms with Crippen LogP contribution in [0.3, 0.4) is 0 Å². The Balaban J connectivity index is 2.13. The molecule has 0 aromatic carbocycles. The molecular formula is C13H11N3O4. The van der Waals surface area contributed by atoms with Gasteiger partial charge in [0, 0.05) is 18.5 Å². The first-order chi connectivity index (χ1) is 9.70. The van der Waals surface area contributed by atoms with Crippen LogP contribution in [0.15, 0.2) is 47.9 Å². The predicted octanol–water partition coefficient (Wildman–Crippen LogP) is 1.43. The first kappa shape index (κ1) is 13.5. The van der Waals surface area contributed by atoms with E-state index in [1.165, 1.54) is 18.3 Å². The Bertz CT molecular complexity index is 629. The minimum atomic E-state index is -1.09. The third kappa shape index (κ3) is 3.29. The highest BCUT2D eigenvalue weighted by molar-refractivity contribution is 6.01. The molecule has 0 saturated heterocycles.